The van der Waals surface area contributed by atoms with Crippen LogP contribution in [0.3, 0.4) is 0 Å². The summed E-state index contributed by atoms with van der Waals surface area (Å²) < 4.78 is 5.30. The van der Waals surface area contributed by atoms with Gasteiger partial charge < -0.3 is 9.84 Å². The molecule has 0 aromatic heterocycles. The quantitative estimate of drug-likeness (QED) is 0.731. The molecule has 3 heteroatoms. The van der Waals surface area contributed by atoms with Crippen molar-refractivity contribution in [2.75, 3.05) is 6.61 Å². The Hall–Kier alpha value is -0.570. The zero-order valence-corrected chi connectivity index (χ0v) is 9.90. The van der Waals surface area contributed by atoms with Gasteiger partial charge in [0, 0.05) is 0 Å². The van der Waals surface area contributed by atoms with Gasteiger partial charge in [-0.05, 0) is 30.6 Å². The lowest BCUT2D eigenvalue weighted by Crippen LogP contribution is -2.36. The van der Waals surface area contributed by atoms with E-state index in [-0.39, 0.29) is 6.10 Å². The number of aliphatic hydroxyl groups is 1. The van der Waals surface area contributed by atoms with Crippen LogP contribution in [0.5, 0.6) is 0 Å². The molecule has 0 aliphatic heterocycles. The van der Waals surface area contributed by atoms with Crippen LogP contribution < -0.4 is 0 Å². The number of aliphatic hydroxyl groups excluding tert-OH is 1. The molecule has 0 spiro atoms. The van der Waals surface area contributed by atoms with Crippen molar-refractivity contribution in [1.29, 1.82) is 0 Å². The van der Waals surface area contributed by atoms with Crippen LogP contribution >= 0.6 is 0 Å². The zero-order chi connectivity index (χ0) is 11.4. The highest BCUT2D eigenvalue weighted by Crippen LogP contribution is 2.35. The summed E-state index contributed by atoms with van der Waals surface area (Å²) >= 11 is 0. The molecule has 88 valence electrons. The molecule has 1 rings (SSSR count). The second-order valence-electron chi connectivity index (χ2n) is 5.01. The van der Waals surface area contributed by atoms with Crippen LogP contribution in [0.25, 0.3) is 0 Å². The van der Waals surface area contributed by atoms with E-state index in [0.717, 1.165) is 12.8 Å². The minimum absolute atomic E-state index is 0.00778. The number of ether oxygens (including phenoxy) is 1. The van der Waals surface area contributed by atoms with Gasteiger partial charge in [-0.3, -0.25) is 0 Å². The van der Waals surface area contributed by atoms with Crippen molar-refractivity contribution in [3.05, 3.63) is 0 Å². The first-order valence-corrected chi connectivity index (χ1v) is 5.85. The van der Waals surface area contributed by atoms with Gasteiger partial charge >= 0.3 is 5.97 Å². The molecular weight excluding hydrogens is 192 g/mol. The van der Waals surface area contributed by atoms with Crippen molar-refractivity contribution in [3.8, 4) is 0 Å². The van der Waals surface area contributed by atoms with Crippen LogP contribution in [0.15, 0.2) is 0 Å². The minimum Gasteiger partial charge on any atom is -0.460 e. The van der Waals surface area contributed by atoms with Gasteiger partial charge in [0.1, 0.15) is 12.7 Å². The first-order valence-electron chi connectivity index (χ1n) is 5.85. The Morgan fingerprint density at radius 1 is 1.47 bits per heavy atom. The first kappa shape index (κ1) is 12.5. The molecule has 15 heavy (non-hydrogen) atoms. The Morgan fingerprint density at radius 2 is 2.13 bits per heavy atom. The van der Waals surface area contributed by atoms with Crippen LogP contribution in [-0.4, -0.2) is 23.8 Å². The molecule has 3 nitrogen and oxygen atoms in total. The first-order chi connectivity index (χ1) is 7.04. The van der Waals surface area contributed by atoms with Crippen LogP contribution in [-0.2, 0) is 9.53 Å². The molecule has 1 aliphatic rings. The normalized spacial score (nSPS) is 31.7. The number of esters is 1. The fraction of sp³-hybridized carbons (Fsp3) is 0.917. The van der Waals surface area contributed by atoms with Gasteiger partial charge in [0.05, 0.1) is 0 Å². The van der Waals surface area contributed by atoms with E-state index in [1.807, 2.05) is 0 Å². The highest BCUT2D eigenvalue weighted by atomic mass is 16.6. The highest BCUT2D eigenvalue weighted by molar-refractivity contribution is 5.70. The number of carbonyl (C=O) groups excluding carboxylic acids is 1. The summed E-state index contributed by atoms with van der Waals surface area (Å²) in [7, 11) is 0. The van der Waals surface area contributed by atoms with Crippen LogP contribution in [0.1, 0.15) is 40.0 Å². The van der Waals surface area contributed by atoms with Gasteiger partial charge in [0.2, 0.25) is 0 Å². The van der Waals surface area contributed by atoms with Gasteiger partial charge in [-0.15, -0.1) is 0 Å². The average molecular weight is 214 g/mol. The molecule has 1 fully saturated rings. The van der Waals surface area contributed by atoms with E-state index in [9.17, 15) is 4.79 Å². The number of rotatable bonds is 3. The lowest BCUT2D eigenvalue weighted by atomic mass is 9.75. The van der Waals surface area contributed by atoms with Crippen molar-refractivity contribution in [1.82, 2.24) is 0 Å². The predicted octanol–water partition coefficient (Wildman–Crippen LogP) is 1.98. The van der Waals surface area contributed by atoms with Crippen molar-refractivity contribution >= 4 is 5.97 Å². The third-order valence-electron chi connectivity index (χ3n) is 3.37. The molecule has 0 unspecified atom stereocenters. The summed E-state index contributed by atoms with van der Waals surface area (Å²) in [6.45, 7) is 6.02. The minimum atomic E-state index is -0.504. The average Bonchev–Trinajstić information content (AvgIpc) is 2.17. The van der Waals surface area contributed by atoms with E-state index in [1.54, 1.807) is 0 Å². The molecule has 3 atom stereocenters. The summed E-state index contributed by atoms with van der Waals surface area (Å²) in [5, 5.41) is 8.68. The van der Waals surface area contributed by atoms with Crippen LogP contribution in [0.2, 0.25) is 0 Å². The molecule has 1 N–H and O–H groups in total. The van der Waals surface area contributed by atoms with Gasteiger partial charge in [-0.25, -0.2) is 4.79 Å². The molecule has 0 amide bonds. The van der Waals surface area contributed by atoms with Crippen LogP contribution in [0.4, 0.5) is 0 Å². The van der Waals surface area contributed by atoms with E-state index in [2.05, 4.69) is 20.8 Å². The fourth-order valence-electron chi connectivity index (χ4n) is 2.46. The topological polar surface area (TPSA) is 46.5 Å². The molecule has 0 radical (unpaired) electrons. The number of carbonyl (C=O) groups is 1. The SMILES string of the molecule is CC(C)[C@@H]1CC[C@@H](C)C[C@@H]1OC(=O)CO. The van der Waals surface area contributed by atoms with Crippen molar-refractivity contribution < 1.29 is 14.6 Å². The Balaban J connectivity index is 2.57. The molecule has 1 aliphatic carbocycles. The van der Waals surface area contributed by atoms with Gasteiger partial charge in [-0.1, -0.05) is 27.2 Å². The number of hydrogen-bond acceptors (Lipinski definition) is 3. The van der Waals surface area contributed by atoms with E-state index in [1.165, 1.54) is 6.42 Å². The lowest BCUT2D eigenvalue weighted by molar-refractivity contribution is -0.159. The summed E-state index contributed by atoms with van der Waals surface area (Å²) in [6.07, 6.45) is 3.29. The molecule has 0 aromatic carbocycles. The van der Waals surface area contributed by atoms with Crippen molar-refractivity contribution in [3.63, 3.8) is 0 Å². The predicted molar refractivity (Wildman–Crippen MR) is 58.3 cm³/mol. The van der Waals surface area contributed by atoms with Gasteiger partial charge in [0.15, 0.2) is 0 Å². The molecular formula is C12H22O3. The molecule has 0 heterocycles. The molecule has 0 saturated heterocycles. The zero-order valence-electron chi connectivity index (χ0n) is 9.90. The fourth-order valence-corrected chi connectivity index (χ4v) is 2.46. The Kier molecular flexibility index (Phi) is 4.58. The largest absolute Gasteiger partial charge is 0.460 e. The standard InChI is InChI=1S/C12H22O3/c1-8(2)10-5-4-9(3)6-11(10)15-12(14)7-13/h8-11,13H,4-7H2,1-3H3/t9-,10+,11+/m1/s1. The molecule has 0 bridgehead atoms. The monoisotopic (exact) mass is 214 g/mol. The highest BCUT2D eigenvalue weighted by Gasteiger charge is 2.33. The Bertz CT molecular complexity index is 213. The lowest BCUT2D eigenvalue weighted by Gasteiger charge is -2.36. The maximum Gasteiger partial charge on any atom is 0.332 e. The summed E-state index contributed by atoms with van der Waals surface area (Å²) in [4.78, 5) is 11.1. The van der Waals surface area contributed by atoms with Gasteiger partial charge in [-0.2, -0.15) is 0 Å². The van der Waals surface area contributed by atoms with E-state index in [0.29, 0.717) is 17.8 Å². The molecule has 1 saturated carbocycles. The second-order valence-corrected chi connectivity index (χ2v) is 5.01. The summed E-state index contributed by atoms with van der Waals surface area (Å²) in [5.74, 6) is 1.13. The third kappa shape index (κ3) is 3.49. The Labute approximate surface area is 91.8 Å². The summed E-state index contributed by atoms with van der Waals surface area (Å²) in [6, 6.07) is 0. The second kappa shape index (κ2) is 5.50. The van der Waals surface area contributed by atoms with E-state index < -0.39 is 12.6 Å². The summed E-state index contributed by atoms with van der Waals surface area (Å²) in [5.41, 5.74) is 0. The third-order valence-corrected chi connectivity index (χ3v) is 3.37. The van der Waals surface area contributed by atoms with Crippen LogP contribution in [0, 0.1) is 17.8 Å². The van der Waals surface area contributed by atoms with Crippen molar-refractivity contribution in [2.45, 2.75) is 46.1 Å². The maximum atomic E-state index is 11.1. The smallest absolute Gasteiger partial charge is 0.332 e. The Morgan fingerprint density at radius 3 is 2.67 bits per heavy atom. The maximum absolute atomic E-state index is 11.1. The van der Waals surface area contributed by atoms with E-state index in [4.69, 9.17) is 9.84 Å². The van der Waals surface area contributed by atoms with E-state index >= 15 is 0 Å². The molecule has 0 aromatic rings. The number of hydrogen-bond donors (Lipinski definition) is 1. The van der Waals surface area contributed by atoms with Gasteiger partial charge in [0.25, 0.3) is 0 Å². The van der Waals surface area contributed by atoms with Crippen molar-refractivity contribution in [2.24, 2.45) is 17.8 Å².